The second-order valence-electron chi connectivity index (χ2n) is 7.65. The van der Waals surface area contributed by atoms with Gasteiger partial charge in [-0.3, -0.25) is 18.9 Å². The summed E-state index contributed by atoms with van der Waals surface area (Å²) in [6, 6.07) is 6.07. The molecule has 1 amide bonds. The number of aromatic nitrogens is 2. The van der Waals surface area contributed by atoms with Gasteiger partial charge in [-0.15, -0.1) is 0 Å². The number of nitrogens with two attached hydrogens (primary N) is 1. The summed E-state index contributed by atoms with van der Waals surface area (Å²) in [5.41, 5.74) is 5.08. The molecule has 5 N–H and O–H groups in total. The second-order valence-corrected chi connectivity index (χ2v) is 10.3. The van der Waals surface area contributed by atoms with E-state index in [1.54, 1.807) is 13.8 Å². The molecule has 3 heterocycles. The van der Waals surface area contributed by atoms with Gasteiger partial charge in [0.05, 0.1) is 23.2 Å². The molecule has 0 saturated carbocycles. The summed E-state index contributed by atoms with van der Waals surface area (Å²) in [5, 5.41) is 11.4. The van der Waals surface area contributed by atoms with E-state index in [0.29, 0.717) is 5.56 Å². The van der Waals surface area contributed by atoms with Gasteiger partial charge in [0.15, 0.2) is 0 Å². The van der Waals surface area contributed by atoms with Crippen LogP contribution in [0.2, 0.25) is 0 Å². The first-order chi connectivity index (χ1) is 13.9. The Hall–Kier alpha value is -3.07. The number of pyridine rings is 2. The molecule has 11 heteroatoms. The lowest BCUT2D eigenvalue weighted by atomic mass is 9.94. The van der Waals surface area contributed by atoms with Crippen LogP contribution >= 0.6 is 10.6 Å². The third-order valence-electron chi connectivity index (χ3n) is 5.09. The molecule has 1 atom stereocenters. The van der Waals surface area contributed by atoms with Gasteiger partial charge < -0.3 is 11.1 Å². The lowest BCUT2D eigenvalue weighted by Gasteiger charge is -2.53. The van der Waals surface area contributed by atoms with Crippen LogP contribution in [0.5, 0.6) is 0 Å². The number of carbonyl (C=O) groups excluding carboxylic acids is 1. The van der Waals surface area contributed by atoms with Crippen LogP contribution in [0.1, 0.15) is 42.4 Å². The first-order valence-electron chi connectivity index (χ1n) is 8.84. The fourth-order valence-corrected chi connectivity index (χ4v) is 4.74. The first-order valence-corrected chi connectivity index (χ1v) is 10.6. The Morgan fingerprint density at radius 3 is 2.57 bits per heavy atom. The second kappa shape index (κ2) is 7.32. The summed E-state index contributed by atoms with van der Waals surface area (Å²) in [6.45, 7) is 4.66. The van der Waals surface area contributed by atoms with Gasteiger partial charge in [-0.05, 0) is 39.0 Å². The molecule has 0 bridgehead atoms. The van der Waals surface area contributed by atoms with Crippen LogP contribution in [0.4, 0.5) is 10.1 Å². The average Bonchev–Trinajstić information content (AvgIpc) is 2.67. The molecule has 1 aliphatic rings. The lowest BCUT2D eigenvalue weighted by molar-refractivity contribution is 0.102. The number of amidine groups is 1. The van der Waals surface area contributed by atoms with Gasteiger partial charge in [-0.2, -0.15) is 20.2 Å². The van der Waals surface area contributed by atoms with Crippen molar-refractivity contribution in [2.75, 3.05) is 11.1 Å². The summed E-state index contributed by atoms with van der Waals surface area (Å²) in [6.07, 6.45) is 2.39. The maximum Gasteiger partial charge on any atom is 0.274 e. The quantitative estimate of drug-likeness (QED) is 0.543. The molecule has 3 rings (SSSR count). The summed E-state index contributed by atoms with van der Waals surface area (Å²) in [4.78, 5) is 24.3. The van der Waals surface area contributed by atoms with Crippen LogP contribution in [-0.4, -0.2) is 41.3 Å². The van der Waals surface area contributed by atoms with Crippen molar-refractivity contribution in [3.8, 4) is 6.07 Å². The van der Waals surface area contributed by atoms with E-state index in [1.807, 2.05) is 6.07 Å². The Morgan fingerprint density at radius 1 is 1.30 bits per heavy atom. The molecule has 0 unspecified atom stereocenters. The molecule has 158 valence electrons. The number of rotatable bonds is 3. The van der Waals surface area contributed by atoms with Crippen molar-refractivity contribution in [2.24, 2.45) is 10.7 Å². The van der Waals surface area contributed by atoms with Crippen LogP contribution in [0.25, 0.3) is 0 Å². The first kappa shape index (κ1) is 21.6. The van der Waals surface area contributed by atoms with Crippen LogP contribution in [0, 0.1) is 17.3 Å². The predicted molar refractivity (Wildman–Crippen MR) is 112 cm³/mol. The lowest BCUT2D eigenvalue weighted by Crippen LogP contribution is -2.52. The number of amides is 1. The number of nitriles is 1. The Balaban J connectivity index is 1.95. The standard InChI is InChI=1S/C19H21FN6O3S/c1-18(2)17(22)26-19(3,10-30(18,28)29)13-6-12(9-24-15(13)20)25-16(27)14-5-4-11(7-21)8-23-14/h4-6,8-9,28-29H,10H2,1-3H3,(H2,22,26)(H,25,27)/t19-/m0/s1. The van der Waals surface area contributed by atoms with Gasteiger partial charge in [0.1, 0.15) is 27.9 Å². The highest BCUT2D eigenvalue weighted by molar-refractivity contribution is 8.26. The minimum atomic E-state index is -3.24. The molecule has 2 aromatic heterocycles. The van der Waals surface area contributed by atoms with Crippen molar-refractivity contribution < 1.29 is 18.3 Å². The predicted octanol–water partition coefficient (Wildman–Crippen LogP) is 2.85. The average molecular weight is 432 g/mol. The smallest absolute Gasteiger partial charge is 0.274 e. The summed E-state index contributed by atoms with van der Waals surface area (Å²) >= 11 is 0. The van der Waals surface area contributed by atoms with E-state index in [4.69, 9.17) is 11.0 Å². The van der Waals surface area contributed by atoms with E-state index >= 15 is 0 Å². The molecule has 0 spiro atoms. The number of nitrogens with one attached hydrogen (secondary N) is 1. The van der Waals surface area contributed by atoms with Gasteiger partial charge in [0.2, 0.25) is 5.95 Å². The SMILES string of the molecule is CC1(C)C(N)=N[C@](C)(c2cc(NC(=O)c3ccc(C#N)cn3)cnc2F)CS1(O)O. The monoisotopic (exact) mass is 432 g/mol. The molecule has 0 aliphatic carbocycles. The minimum Gasteiger partial charge on any atom is -0.386 e. The Labute approximate surface area is 174 Å². The summed E-state index contributed by atoms with van der Waals surface area (Å²) in [5.74, 6) is -1.70. The molecule has 2 aromatic rings. The van der Waals surface area contributed by atoms with E-state index < -0.39 is 32.7 Å². The van der Waals surface area contributed by atoms with Crippen LogP contribution in [-0.2, 0) is 5.54 Å². The Bertz CT molecular complexity index is 1080. The van der Waals surface area contributed by atoms with Crippen LogP contribution < -0.4 is 11.1 Å². The Morgan fingerprint density at radius 2 is 2.00 bits per heavy atom. The maximum atomic E-state index is 14.6. The van der Waals surface area contributed by atoms with Gasteiger partial charge in [0, 0.05) is 11.8 Å². The van der Waals surface area contributed by atoms with Crippen molar-refractivity contribution in [3.05, 3.63) is 53.4 Å². The zero-order valence-electron chi connectivity index (χ0n) is 16.5. The van der Waals surface area contributed by atoms with Crippen molar-refractivity contribution in [3.63, 3.8) is 0 Å². The van der Waals surface area contributed by atoms with Crippen LogP contribution in [0.15, 0.2) is 35.6 Å². The Kier molecular flexibility index (Phi) is 5.28. The number of hydrogen-bond acceptors (Lipinski definition) is 8. The number of carbonyl (C=O) groups is 1. The van der Waals surface area contributed by atoms with E-state index in [0.717, 1.165) is 6.20 Å². The molecule has 1 aliphatic heterocycles. The molecule has 30 heavy (non-hydrogen) atoms. The van der Waals surface area contributed by atoms with Crippen molar-refractivity contribution in [1.29, 1.82) is 5.26 Å². The van der Waals surface area contributed by atoms with Crippen LogP contribution in [0.3, 0.4) is 0 Å². The number of aliphatic imine (C=N–C) groups is 1. The normalized spacial score (nSPS) is 23.0. The minimum absolute atomic E-state index is 0.00753. The van der Waals surface area contributed by atoms with Gasteiger partial charge >= 0.3 is 0 Å². The molecular formula is C19H21FN6O3S. The zero-order chi connectivity index (χ0) is 22.3. The highest BCUT2D eigenvalue weighted by atomic mass is 32.3. The molecule has 0 fully saturated rings. The van der Waals surface area contributed by atoms with Crippen molar-refractivity contribution >= 4 is 28.0 Å². The summed E-state index contributed by atoms with van der Waals surface area (Å²) in [7, 11) is -3.24. The van der Waals surface area contributed by atoms with Crippen molar-refractivity contribution in [1.82, 2.24) is 9.97 Å². The molecule has 0 aromatic carbocycles. The highest BCUT2D eigenvalue weighted by Crippen LogP contribution is 2.59. The molecule has 0 saturated heterocycles. The molecule has 0 radical (unpaired) electrons. The highest BCUT2D eigenvalue weighted by Gasteiger charge is 2.49. The number of nitrogens with zero attached hydrogens (tertiary/aromatic N) is 4. The van der Waals surface area contributed by atoms with Gasteiger partial charge in [0.25, 0.3) is 5.91 Å². The summed E-state index contributed by atoms with van der Waals surface area (Å²) < 4.78 is 34.6. The topological polar surface area (TPSA) is 158 Å². The van der Waals surface area contributed by atoms with E-state index in [1.165, 1.54) is 31.3 Å². The largest absolute Gasteiger partial charge is 0.386 e. The number of halogens is 1. The van der Waals surface area contributed by atoms with Gasteiger partial charge in [-0.1, -0.05) is 0 Å². The third-order valence-corrected chi connectivity index (χ3v) is 7.89. The molecule has 9 nitrogen and oxygen atoms in total. The van der Waals surface area contributed by atoms with Gasteiger partial charge in [-0.25, -0.2) is 9.97 Å². The van der Waals surface area contributed by atoms with E-state index in [9.17, 15) is 18.3 Å². The maximum absolute atomic E-state index is 14.6. The van der Waals surface area contributed by atoms with E-state index in [2.05, 4.69) is 20.3 Å². The molecular weight excluding hydrogens is 411 g/mol. The fraction of sp³-hybridized carbons (Fsp3) is 0.316. The zero-order valence-corrected chi connectivity index (χ0v) is 17.4. The number of anilines is 1. The third kappa shape index (κ3) is 3.72. The van der Waals surface area contributed by atoms with E-state index in [-0.39, 0.29) is 28.5 Å². The van der Waals surface area contributed by atoms with Crippen molar-refractivity contribution in [2.45, 2.75) is 31.1 Å². The fourth-order valence-electron chi connectivity index (χ4n) is 2.99. The number of hydrogen-bond donors (Lipinski definition) is 4.